The maximum atomic E-state index is 11.2. The second-order valence-corrected chi connectivity index (χ2v) is 9.20. The molecule has 0 N–H and O–H groups in total. The summed E-state index contributed by atoms with van der Waals surface area (Å²) < 4.78 is 4.89. The summed E-state index contributed by atoms with van der Waals surface area (Å²) in [6, 6.07) is 8.22. The molecule has 0 bridgehead atoms. The third-order valence-corrected chi connectivity index (χ3v) is 5.73. The van der Waals surface area contributed by atoms with Crippen LogP contribution in [0.3, 0.4) is 0 Å². The van der Waals surface area contributed by atoms with Crippen molar-refractivity contribution in [2.24, 2.45) is 0 Å². The summed E-state index contributed by atoms with van der Waals surface area (Å²) in [5.41, 5.74) is 2.39. The van der Waals surface area contributed by atoms with E-state index < -0.39 is 15.2 Å². The van der Waals surface area contributed by atoms with E-state index in [-0.39, 0.29) is 5.97 Å². The van der Waals surface area contributed by atoms with Crippen molar-refractivity contribution in [1.82, 2.24) is 0 Å². The molecular formula is C11H13BrO2Zn. The minimum absolute atomic E-state index is 0.150. The van der Waals surface area contributed by atoms with Crippen molar-refractivity contribution < 1.29 is 24.7 Å². The number of rotatable bonds is 5. The second kappa shape index (κ2) is 7.13. The van der Waals surface area contributed by atoms with Crippen molar-refractivity contribution in [3.63, 3.8) is 0 Å². The first-order valence-corrected chi connectivity index (χ1v) is 14.1. The van der Waals surface area contributed by atoms with E-state index in [1.165, 1.54) is 10.6 Å². The molecule has 0 fully saturated rings. The molecule has 0 saturated heterocycles. The number of hydrogen-bond acceptors (Lipinski definition) is 2. The Morgan fingerprint density at radius 1 is 1.33 bits per heavy atom. The molecule has 0 amide bonds. The molecular weight excluding hydrogens is 309 g/mol. The SMILES string of the molecule is CCOC(=O)Cc1ccc([CH2][Zn][Br])cc1. The van der Waals surface area contributed by atoms with Crippen LogP contribution in [0, 0.1) is 0 Å². The third-order valence-electron chi connectivity index (χ3n) is 2.06. The first-order valence-electron chi connectivity index (χ1n) is 5.05. The zero-order chi connectivity index (χ0) is 11.1. The van der Waals surface area contributed by atoms with Crippen LogP contribution in [0.15, 0.2) is 24.3 Å². The Morgan fingerprint density at radius 3 is 2.47 bits per heavy atom. The fourth-order valence-electron chi connectivity index (χ4n) is 1.31. The predicted octanol–water partition coefficient (Wildman–Crippen LogP) is 2.68. The summed E-state index contributed by atoms with van der Waals surface area (Å²) in [5, 5.41) is 1.20. The standard InChI is InChI=1S/C11H13O2.BrH.Zn/c1-3-13-11(12)8-10-6-4-9(2)5-7-10;;/h4-7H,2-3,8H2,1H3;1H;/q;;+1/p-1. The quantitative estimate of drug-likeness (QED) is 0.615. The van der Waals surface area contributed by atoms with Crippen LogP contribution in [-0.2, 0) is 36.1 Å². The van der Waals surface area contributed by atoms with Crippen LogP contribution in [0.25, 0.3) is 0 Å². The molecule has 1 aromatic carbocycles. The van der Waals surface area contributed by atoms with Gasteiger partial charge in [-0.05, 0) is 0 Å². The van der Waals surface area contributed by atoms with Crippen molar-refractivity contribution in [3.8, 4) is 0 Å². The number of esters is 1. The van der Waals surface area contributed by atoms with Crippen molar-refractivity contribution in [1.29, 1.82) is 0 Å². The summed E-state index contributed by atoms with van der Waals surface area (Å²) >= 11 is 3.10. The van der Waals surface area contributed by atoms with Gasteiger partial charge in [0.25, 0.3) is 0 Å². The molecule has 4 heteroatoms. The van der Waals surface area contributed by atoms with Crippen molar-refractivity contribution in [2.75, 3.05) is 6.61 Å². The molecule has 0 heterocycles. The Bertz CT molecular complexity index is 311. The molecule has 15 heavy (non-hydrogen) atoms. The Labute approximate surface area is 104 Å². The van der Waals surface area contributed by atoms with Gasteiger partial charge in [-0.15, -0.1) is 0 Å². The third kappa shape index (κ3) is 4.90. The van der Waals surface area contributed by atoms with Gasteiger partial charge < -0.3 is 0 Å². The molecule has 0 aliphatic rings. The van der Waals surface area contributed by atoms with Gasteiger partial charge in [-0.2, -0.15) is 0 Å². The van der Waals surface area contributed by atoms with E-state index in [0.29, 0.717) is 13.0 Å². The molecule has 0 unspecified atom stereocenters. The zero-order valence-electron chi connectivity index (χ0n) is 8.83. The minimum atomic E-state index is -0.480. The molecule has 0 aliphatic carbocycles. The first-order chi connectivity index (χ1) is 7.26. The summed E-state index contributed by atoms with van der Waals surface area (Å²) in [4.78, 5) is 11.2. The number of carbonyl (C=O) groups is 1. The van der Waals surface area contributed by atoms with Crippen LogP contribution < -0.4 is 0 Å². The summed E-state index contributed by atoms with van der Waals surface area (Å²) in [7, 11) is 0. The molecule has 0 radical (unpaired) electrons. The predicted molar refractivity (Wildman–Crippen MR) is 59.4 cm³/mol. The van der Waals surface area contributed by atoms with Crippen molar-refractivity contribution in [2.45, 2.75) is 18.4 Å². The fourth-order valence-corrected chi connectivity index (χ4v) is 4.85. The number of halogens is 1. The molecule has 78 valence electrons. The molecule has 0 aliphatic heterocycles. The normalized spacial score (nSPS) is 9.47. The molecule has 0 spiro atoms. The molecule has 0 saturated carbocycles. The number of carbonyl (C=O) groups excluding carboxylic acids is 1. The van der Waals surface area contributed by atoms with Gasteiger partial charge in [0.15, 0.2) is 0 Å². The summed E-state index contributed by atoms with van der Waals surface area (Å²) in [5.74, 6) is -0.150. The Morgan fingerprint density at radius 2 is 1.93 bits per heavy atom. The van der Waals surface area contributed by atoms with Crippen molar-refractivity contribution in [3.05, 3.63) is 35.4 Å². The van der Waals surface area contributed by atoms with Crippen LogP contribution in [0.1, 0.15) is 18.1 Å². The van der Waals surface area contributed by atoms with Crippen LogP contribution >= 0.6 is 13.6 Å². The first kappa shape index (κ1) is 12.9. The monoisotopic (exact) mass is 320 g/mol. The van der Waals surface area contributed by atoms with Gasteiger partial charge in [-0.1, -0.05) is 0 Å². The summed E-state index contributed by atoms with van der Waals surface area (Å²) in [6.45, 7) is 2.28. The Balaban J connectivity index is 2.52. The molecule has 1 rings (SSSR count). The van der Waals surface area contributed by atoms with Gasteiger partial charge >= 0.3 is 105 Å². The van der Waals surface area contributed by atoms with Gasteiger partial charge in [-0.3, -0.25) is 0 Å². The van der Waals surface area contributed by atoms with E-state index in [9.17, 15) is 4.79 Å². The average molecular weight is 323 g/mol. The Hall–Kier alpha value is -0.207. The van der Waals surface area contributed by atoms with Crippen LogP contribution in [0.2, 0.25) is 0 Å². The number of hydrogen-bond donors (Lipinski definition) is 0. The topological polar surface area (TPSA) is 26.3 Å². The molecule has 2 nitrogen and oxygen atoms in total. The summed E-state index contributed by atoms with van der Waals surface area (Å²) in [6.07, 6.45) is 0.379. The number of ether oxygens (including phenoxy) is 1. The molecule has 0 aromatic heterocycles. The van der Waals surface area contributed by atoms with Gasteiger partial charge in [0.2, 0.25) is 0 Å². The second-order valence-electron chi connectivity index (χ2n) is 3.24. The molecule has 1 aromatic rings. The van der Waals surface area contributed by atoms with Crippen LogP contribution in [-0.4, -0.2) is 12.6 Å². The Kier molecular flexibility index (Phi) is 6.11. The van der Waals surface area contributed by atoms with Gasteiger partial charge in [0.1, 0.15) is 0 Å². The van der Waals surface area contributed by atoms with Gasteiger partial charge in [0.05, 0.1) is 0 Å². The van der Waals surface area contributed by atoms with E-state index in [2.05, 4.69) is 25.8 Å². The van der Waals surface area contributed by atoms with Gasteiger partial charge in [0, 0.05) is 0 Å². The maximum absolute atomic E-state index is 11.2. The van der Waals surface area contributed by atoms with E-state index in [1.54, 1.807) is 0 Å². The molecule has 0 atom stereocenters. The van der Waals surface area contributed by atoms with Crippen LogP contribution in [0.4, 0.5) is 0 Å². The van der Waals surface area contributed by atoms with Crippen LogP contribution in [0.5, 0.6) is 0 Å². The van der Waals surface area contributed by atoms with E-state index in [1.807, 2.05) is 19.1 Å². The number of benzene rings is 1. The van der Waals surface area contributed by atoms with Gasteiger partial charge in [-0.25, -0.2) is 0 Å². The van der Waals surface area contributed by atoms with E-state index in [4.69, 9.17) is 4.74 Å². The fraction of sp³-hybridized carbons (Fsp3) is 0.364. The van der Waals surface area contributed by atoms with E-state index in [0.717, 1.165) is 5.56 Å². The van der Waals surface area contributed by atoms with E-state index >= 15 is 0 Å². The zero-order valence-corrected chi connectivity index (χ0v) is 13.4. The average Bonchev–Trinajstić information content (AvgIpc) is 2.22. The van der Waals surface area contributed by atoms with Crippen molar-refractivity contribution >= 4 is 19.6 Å².